The number of aryl methyl sites for hydroxylation is 1. The average molecular weight is 261 g/mol. The molecule has 0 radical (unpaired) electrons. The Balaban J connectivity index is 2.02. The van der Waals surface area contributed by atoms with Crippen molar-refractivity contribution >= 4 is 17.5 Å². The molecule has 0 saturated carbocycles. The number of rotatable bonds is 3. The van der Waals surface area contributed by atoms with Crippen LogP contribution in [0.25, 0.3) is 0 Å². The summed E-state index contributed by atoms with van der Waals surface area (Å²) in [5, 5.41) is 3.43. The van der Waals surface area contributed by atoms with Gasteiger partial charge in [-0.2, -0.15) is 0 Å². The number of pyridine rings is 1. The molecule has 92 valence electrons. The van der Waals surface area contributed by atoms with Crippen LogP contribution in [-0.2, 0) is 6.54 Å². The fraction of sp³-hybridized carbons (Fsp3) is 0.143. The van der Waals surface area contributed by atoms with Gasteiger partial charge in [0, 0.05) is 29.5 Å². The first-order valence-electron chi connectivity index (χ1n) is 5.60. The minimum absolute atomic E-state index is 0.138. The van der Waals surface area contributed by atoms with E-state index in [2.05, 4.69) is 10.3 Å². The Morgan fingerprint density at radius 2 is 2.22 bits per heavy atom. The molecule has 3 nitrogen and oxygen atoms in total. The van der Waals surface area contributed by atoms with E-state index in [0.29, 0.717) is 17.1 Å². The summed E-state index contributed by atoms with van der Waals surface area (Å²) in [7, 11) is 0. The topological polar surface area (TPSA) is 42.0 Å². The molecule has 0 unspecified atom stereocenters. The molecule has 1 aromatic carbocycles. The fourth-order valence-corrected chi connectivity index (χ4v) is 1.70. The monoisotopic (exact) mass is 260 g/mol. The Morgan fingerprint density at radius 1 is 1.39 bits per heavy atom. The summed E-state index contributed by atoms with van der Waals surface area (Å²) in [6, 6.07) is 9.02. The molecule has 1 aromatic heterocycles. The number of aromatic nitrogens is 1. The van der Waals surface area contributed by atoms with Gasteiger partial charge in [0.05, 0.1) is 0 Å². The molecule has 18 heavy (non-hydrogen) atoms. The highest BCUT2D eigenvalue weighted by Crippen LogP contribution is 2.16. The maximum absolute atomic E-state index is 11.9. The number of carbonyl (C=O) groups excluding carboxylic acids is 1. The Bertz CT molecular complexity index is 555. The summed E-state index contributed by atoms with van der Waals surface area (Å²) in [5.41, 5.74) is 2.49. The molecule has 2 aromatic rings. The molecular formula is C14H13ClN2O. The van der Waals surface area contributed by atoms with Crippen molar-refractivity contribution in [3.8, 4) is 0 Å². The van der Waals surface area contributed by atoms with Crippen molar-refractivity contribution < 1.29 is 4.79 Å². The lowest BCUT2D eigenvalue weighted by molar-refractivity contribution is 0.0951. The van der Waals surface area contributed by atoms with Crippen molar-refractivity contribution in [3.05, 3.63) is 64.4 Å². The van der Waals surface area contributed by atoms with Crippen LogP contribution in [0.1, 0.15) is 21.5 Å². The molecule has 0 aliphatic rings. The van der Waals surface area contributed by atoms with Crippen LogP contribution in [0, 0.1) is 6.92 Å². The molecule has 0 aliphatic carbocycles. The molecule has 0 spiro atoms. The molecular weight excluding hydrogens is 248 g/mol. The van der Waals surface area contributed by atoms with Crippen molar-refractivity contribution in [2.45, 2.75) is 13.5 Å². The number of nitrogens with zero attached hydrogens (tertiary/aromatic N) is 1. The van der Waals surface area contributed by atoms with Crippen LogP contribution in [0.5, 0.6) is 0 Å². The van der Waals surface area contributed by atoms with Crippen LogP contribution in [-0.4, -0.2) is 10.9 Å². The second-order valence-electron chi connectivity index (χ2n) is 4.01. The van der Waals surface area contributed by atoms with Gasteiger partial charge in [-0.3, -0.25) is 9.78 Å². The van der Waals surface area contributed by atoms with E-state index in [-0.39, 0.29) is 5.91 Å². The molecule has 4 heteroatoms. The lowest BCUT2D eigenvalue weighted by atomic mass is 10.1. The van der Waals surface area contributed by atoms with Crippen LogP contribution >= 0.6 is 11.6 Å². The minimum atomic E-state index is -0.138. The van der Waals surface area contributed by atoms with Crippen molar-refractivity contribution in [1.29, 1.82) is 0 Å². The number of halogens is 1. The number of carbonyl (C=O) groups is 1. The third kappa shape index (κ3) is 3.08. The summed E-state index contributed by atoms with van der Waals surface area (Å²) < 4.78 is 0. The van der Waals surface area contributed by atoms with E-state index < -0.39 is 0 Å². The van der Waals surface area contributed by atoms with E-state index >= 15 is 0 Å². The van der Waals surface area contributed by atoms with Gasteiger partial charge in [-0.05, 0) is 36.2 Å². The molecule has 2 rings (SSSR count). The van der Waals surface area contributed by atoms with Gasteiger partial charge in [0.15, 0.2) is 0 Å². The van der Waals surface area contributed by atoms with Gasteiger partial charge >= 0.3 is 0 Å². The van der Waals surface area contributed by atoms with Crippen molar-refractivity contribution in [2.24, 2.45) is 0 Å². The minimum Gasteiger partial charge on any atom is -0.348 e. The normalized spacial score (nSPS) is 10.1. The van der Waals surface area contributed by atoms with Crippen molar-refractivity contribution in [2.75, 3.05) is 0 Å². The van der Waals surface area contributed by atoms with Gasteiger partial charge in [-0.25, -0.2) is 0 Å². The van der Waals surface area contributed by atoms with Gasteiger partial charge in [-0.15, -0.1) is 0 Å². The summed E-state index contributed by atoms with van der Waals surface area (Å²) >= 11 is 5.99. The molecule has 0 fully saturated rings. The number of amides is 1. The molecule has 0 aliphatic heterocycles. The molecule has 0 atom stereocenters. The Hall–Kier alpha value is -1.87. The SMILES string of the molecule is Cc1ccc(C(=O)NCc2cccnc2)cc1Cl. The van der Waals surface area contributed by atoms with Gasteiger partial charge in [0.1, 0.15) is 0 Å². The summed E-state index contributed by atoms with van der Waals surface area (Å²) in [6.45, 7) is 2.36. The first-order valence-corrected chi connectivity index (χ1v) is 5.98. The number of nitrogens with one attached hydrogen (secondary N) is 1. The predicted octanol–water partition coefficient (Wildman–Crippen LogP) is 2.97. The van der Waals surface area contributed by atoms with Gasteiger partial charge in [-0.1, -0.05) is 23.7 Å². The zero-order valence-electron chi connectivity index (χ0n) is 9.98. The second kappa shape index (κ2) is 5.65. The van der Waals surface area contributed by atoms with Gasteiger partial charge in [0.25, 0.3) is 5.91 Å². The van der Waals surface area contributed by atoms with Crippen LogP contribution in [0.3, 0.4) is 0 Å². The Morgan fingerprint density at radius 3 is 2.89 bits per heavy atom. The highest BCUT2D eigenvalue weighted by molar-refractivity contribution is 6.31. The highest BCUT2D eigenvalue weighted by atomic mass is 35.5. The van der Waals surface area contributed by atoms with Crippen LogP contribution < -0.4 is 5.32 Å². The predicted molar refractivity (Wildman–Crippen MR) is 71.6 cm³/mol. The second-order valence-corrected chi connectivity index (χ2v) is 4.42. The third-order valence-electron chi connectivity index (χ3n) is 2.61. The Kier molecular flexibility index (Phi) is 3.95. The zero-order chi connectivity index (χ0) is 13.0. The van der Waals surface area contributed by atoms with E-state index in [1.165, 1.54) is 0 Å². The summed E-state index contributed by atoms with van der Waals surface area (Å²) in [4.78, 5) is 15.9. The van der Waals surface area contributed by atoms with E-state index in [4.69, 9.17) is 11.6 Å². The first kappa shape index (κ1) is 12.6. The first-order chi connectivity index (χ1) is 8.66. The van der Waals surface area contributed by atoms with Crippen LogP contribution in [0.4, 0.5) is 0 Å². The third-order valence-corrected chi connectivity index (χ3v) is 3.02. The van der Waals surface area contributed by atoms with E-state index in [9.17, 15) is 4.79 Å². The molecule has 1 N–H and O–H groups in total. The summed E-state index contributed by atoms with van der Waals surface area (Å²) in [5.74, 6) is -0.138. The zero-order valence-corrected chi connectivity index (χ0v) is 10.7. The van der Waals surface area contributed by atoms with E-state index in [0.717, 1.165) is 11.1 Å². The molecule has 1 amide bonds. The molecule has 1 heterocycles. The number of benzene rings is 1. The standard InChI is InChI=1S/C14H13ClN2O/c1-10-4-5-12(7-13(10)15)14(18)17-9-11-3-2-6-16-8-11/h2-8H,9H2,1H3,(H,17,18). The Labute approximate surface area is 111 Å². The maximum Gasteiger partial charge on any atom is 0.251 e. The van der Waals surface area contributed by atoms with Crippen LogP contribution in [0.2, 0.25) is 5.02 Å². The largest absolute Gasteiger partial charge is 0.348 e. The van der Waals surface area contributed by atoms with Gasteiger partial charge in [0.2, 0.25) is 0 Å². The fourth-order valence-electron chi connectivity index (χ4n) is 1.52. The molecule has 0 bridgehead atoms. The van der Waals surface area contributed by atoms with Gasteiger partial charge < -0.3 is 5.32 Å². The average Bonchev–Trinajstić information content (AvgIpc) is 2.40. The smallest absolute Gasteiger partial charge is 0.251 e. The quantitative estimate of drug-likeness (QED) is 0.922. The lowest BCUT2D eigenvalue weighted by Crippen LogP contribution is -2.22. The molecule has 0 saturated heterocycles. The maximum atomic E-state index is 11.9. The van der Waals surface area contributed by atoms with E-state index in [1.807, 2.05) is 25.1 Å². The van der Waals surface area contributed by atoms with Crippen molar-refractivity contribution in [1.82, 2.24) is 10.3 Å². The van der Waals surface area contributed by atoms with Crippen LogP contribution in [0.15, 0.2) is 42.7 Å². The summed E-state index contributed by atoms with van der Waals surface area (Å²) in [6.07, 6.45) is 3.42. The van der Waals surface area contributed by atoms with E-state index in [1.54, 1.807) is 24.5 Å². The highest BCUT2D eigenvalue weighted by Gasteiger charge is 2.06. The number of hydrogen-bond acceptors (Lipinski definition) is 2. The lowest BCUT2D eigenvalue weighted by Gasteiger charge is -2.06. The van der Waals surface area contributed by atoms with Crippen molar-refractivity contribution in [3.63, 3.8) is 0 Å². The number of hydrogen-bond donors (Lipinski definition) is 1.